The van der Waals surface area contributed by atoms with Gasteiger partial charge >= 0.3 is 5.97 Å². The van der Waals surface area contributed by atoms with E-state index >= 15 is 0 Å². The summed E-state index contributed by atoms with van der Waals surface area (Å²) in [6.07, 6.45) is -0.188. The molecule has 0 spiro atoms. The SMILES string of the molecule is C[C@@H](OC(=O)CCNC(=O)c1ccc(Cl)cc1)c1ccccc1. The lowest BCUT2D eigenvalue weighted by molar-refractivity contribution is -0.148. The van der Waals surface area contributed by atoms with E-state index in [4.69, 9.17) is 16.3 Å². The minimum Gasteiger partial charge on any atom is -0.458 e. The summed E-state index contributed by atoms with van der Waals surface area (Å²) >= 11 is 5.77. The van der Waals surface area contributed by atoms with E-state index in [2.05, 4.69) is 5.32 Å². The molecule has 0 unspecified atom stereocenters. The molecule has 0 saturated heterocycles. The normalized spacial score (nSPS) is 11.6. The first-order valence-electron chi connectivity index (χ1n) is 7.34. The molecule has 0 heterocycles. The van der Waals surface area contributed by atoms with Crippen LogP contribution in [0.1, 0.15) is 35.4 Å². The maximum absolute atomic E-state index is 11.9. The lowest BCUT2D eigenvalue weighted by atomic mass is 10.1. The predicted molar refractivity (Wildman–Crippen MR) is 89.4 cm³/mol. The monoisotopic (exact) mass is 331 g/mol. The van der Waals surface area contributed by atoms with Crippen LogP contribution in [-0.2, 0) is 9.53 Å². The van der Waals surface area contributed by atoms with E-state index in [0.717, 1.165) is 5.56 Å². The van der Waals surface area contributed by atoms with Crippen LogP contribution in [0.4, 0.5) is 0 Å². The van der Waals surface area contributed by atoms with E-state index in [-0.39, 0.29) is 30.9 Å². The minimum atomic E-state index is -0.349. The summed E-state index contributed by atoms with van der Waals surface area (Å²) in [7, 11) is 0. The number of halogens is 1. The average molecular weight is 332 g/mol. The van der Waals surface area contributed by atoms with Crippen molar-refractivity contribution in [2.24, 2.45) is 0 Å². The van der Waals surface area contributed by atoms with Crippen LogP contribution in [0.25, 0.3) is 0 Å². The molecule has 2 aromatic rings. The van der Waals surface area contributed by atoms with Gasteiger partial charge in [0.2, 0.25) is 0 Å². The van der Waals surface area contributed by atoms with Crippen LogP contribution in [0.2, 0.25) is 5.02 Å². The zero-order valence-electron chi connectivity index (χ0n) is 12.8. The highest BCUT2D eigenvalue weighted by Gasteiger charge is 2.12. The summed E-state index contributed by atoms with van der Waals surface area (Å²) in [4.78, 5) is 23.7. The van der Waals surface area contributed by atoms with Gasteiger partial charge in [0, 0.05) is 17.1 Å². The molecule has 1 amide bonds. The number of nitrogens with one attached hydrogen (secondary N) is 1. The number of ether oxygens (including phenoxy) is 1. The van der Waals surface area contributed by atoms with Gasteiger partial charge in [0.15, 0.2) is 0 Å². The molecule has 0 aromatic heterocycles. The highest BCUT2D eigenvalue weighted by Crippen LogP contribution is 2.16. The molecule has 1 atom stereocenters. The van der Waals surface area contributed by atoms with Gasteiger partial charge in [-0.15, -0.1) is 0 Å². The van der Waals surface area contributed by atoms with Gasteiger partial charge in [0.05, 0.1) is 6.42 Å². The molecule has 4 nitrogen and oxygen atoms in total. The van der Waals surface area contributed by atoms with E-state index in [1.54, 1.807) is 24.3 Å². The number of esters is 1. The Kier molecular flexibility index (Phi) is 6.18. The number of benzene rings is 2. The van der Waals surface area contributed by atoms with Gasteiger partial charge in [-0.05, 0) is 36.8 Å². The molecule has 0 fully saturated rings. The van der Waals surface area contributed by atoms with Crippen molar-refractivity contribution in [3.63, 3.8) is 0 Å². The number of rotatable bonds is 6. The fourth-order valence-electron chi connectivity index (χ4n) is 2.03. The summed E-state index contributed by atoms with van der Waals surface area (Å²) in [5.74, 6) is -0.594. The Labute approximate surface area is 140 Å². The molecule has 2 aromatic carbocycles. The van der Waals surface area contributed by atoms with Gasteiger partial charge in [-0.2, -0.15) is 0 Å². The Balaban J connectivity index is 1.74. The minimum absolute atomic E-state index is 0.122. The van der Waals surface area contributed by atoms with Gasteiger partial charge in [-0.1, -0.05) is 41.9 Å². The molecular formula is C18H18ClNO3. The third-order valence-corrected chi connectivity index (χ3v) is 3.55. The van der Waals surface area contributed by atoms with Crippen molar-refractivity contribution < 1.29 is 14.3 Å². The predicted octanol–water partition coefficient (Wildman–Crippen LogP) is 3.76. The standard InChI is InChI=1S/C18H18ClNO3/c1-13(14-5-3-2-4-6-14)23-17(21)11-12-20-18(22)15-7-9-16(19)10-8-15/h2-10,13H,11-12H2,1H3,(H,20,22)/t13-/m1/s1. The zero-order chi connectivity index (χ0) is 16.7. The zero-order valence-corrected chi connectivity index (χ0v) is 13.5. The van der Waals surface area contributed by atoms with E-state index in [9.17, 15) is 9.59 Å². The van der Waals surface area contributed by atoms with Gasteiger partial charge in [-0.25, -0.2) is 0 Å². The molecule has 120 valence electrons. The van der Waals surface area contributed by atoms with Gasteiger partial charge < -0.3 is 10.1 Å². The smallest absolute Gasteiger partial charge is 0.308 e. The molecule has 0 radical (unpaired) electrons. The molecule has 23 heavy (non-hydrogen) atoms. The van der Waals surface area contributed by atoms with Crippen molar-refractivity contribution in [1.29, 1.82) is 0 Å². The lowest BCUT2D eigenvalue weighted by Crippen LogP contribution is -2.26. The van der Waals surface area contributed by atoms with Crippen LogP contribution >= 0.6 is 11.6 Å². The Hall–Kier alpha value is -2.33. The van der Waals surface area contributed by atoms with E-state index in [1.165, 1.54) is 0 Å². The van der Waals surface area contributed by atoms with Crippen molar-refractivity contribution >= 4 is 23.5 Å². The second-order valence-corrected chi connectivity index (χ2v) is 5.49. The van der Waals surface area contributed by atoms with Gasteiger partial charge in [0.25, 0.3) is 5.91 Å². The van der Waals surface area contributed by atoms with Crippen molar-refractivity contribution in [2.45, 2.75) is 19.4 Å². The van der Waals surface area contributed by atoms with Crippen LogP contribution in [0.3, 0.4) is 0 Å². The highest BCUT2D eigenvalue weighted by atomic mass is 35.5. The number of carbonyl (C=O) groups is 2. The maximum Gasteiger partial charge on any atom is 0.308 e. The summed E-state index contributed by atoms with van der Waals surface area (Å²) in [6, 6.07) is 16.1. The largest absolute Gasteiger partial charge is 0.458 e. The second-order valence-electron chi connectivity index (χ2n) is 5.06. The molecule has 0 aliphatic heterocycles. The quantitative estimate of drug-likeness (QED) is 0.820. The molecule has 0 aliphatic carbocycles. The molecular weight excluding hydrogens is 314 g/mol. The topological polar surface area (TPSA) is 55.4 Å². The number of hydrogen-bond acceptors (Lipinski definition) is 3. The van der Waals surface area contributed by atoms with Crippen LogP contribution in [0.15, 0.2) is 54.6 Å². The molecule has 2 rings (SSSR count). The van der Waals surface area contributed by atoms with Crippen molar-refractivity contribution in [3.8, 4) is 0 Å². The van der Waals surface area contributed by atoms with Crippen molar-refractivity contribution in [1.82, 2.24) is 5.32 Å². The average Bonchev–Trinajstić information content (AvgIpc) is 2.56. The summed E-state index contributed by atoms with van der Waals surface area (Å²) in [5, 5.41) is 3.25. The number of amides is 1. The van der Waals surface area contributed by atoms with Gasteiger partial charge in [-0.3, -0.25) is 9.59 Å². The van der Waals surface area contributed by atoms with Crippen molar-refractivity contribution in [2.75, 3.05) is 6.54 Å². The maximum atomic E-state index is 11.9. The fourth-order valence-corrected chi connectivity index (χ4v) is 2.16. The fraction of sp³-hybridized carbons (Fsp3) is 0.222. The number of hydrogen-bond donors (Lipinski definition) is 1. The third kappa shape index (κ3) is 5.42. The second kappa shape index (κ2) is 8.34. The Morgan fingerprint density at radius 2 is 1.74 bits per heavy atom. The number of carbonyl (C=O) groups excluding carboxylic acids is 2. The van der Waals surface area contributed by atoms with E-state index < -0.39 is 0 Å². The third-order valence-electron chi connectivity index (χ3n) is 3.30. The van der Waals surface area contributed by atoms with E-state index in [1.807, 2.05) is 37.3 Å². The van der Waals surface area contributed by atoms with Crippen LogP contribution in [0.5, 0.6) is 0 Å². The lowest BCUT2D eigenvalue weighted by Gasteiger charge is -2.13. The molecule has 1 N–H and O–H groups in total. The van der Waals surface area contributed by atoms with Crippen LogP contribution in [-0.4, -0.2) is 18.4 Å². The molecule has 0 bridgehead atoms. The van der Waals surface area contributed by atoms with Crippen molar-refractivity contribution in [3.05, 3.63) is 70.7 Å². The Morgan fingerprint density at radius 3 is 2.39 bits per heavy atom. The summed E-state index contributed by atoms with van der Waals surface area (Å²) in [6.45, 7) is 2.04. The first-order chi connectivity index (χ1) is 11.1. The highest BCUT2D eigenvalue weighted by molar-refractivity contribution is 6.30. The first kappa shape index (κ1) is 17.0. The molecule has 0 aliphatic rings. The van der Waals surface area contributed by atoms with E-state index in [0.29, 0.717) is 10.6 Å². The molecule has 0 saturated carbocycles. The first-order valence-corrected chi connectivity index (χ1v) is 7.72. The summed E-state index contributed by atoms with van der Waals surface area (Å²) in [5.41, 5.74) is 1.44. The Bertz CT molecular complexity index is 656. The Morgan fingerprint density at radius 1 is 1.09 bits per heavy atom. The summed E-state index contributed by atoms with van der Waals surface area (Å²) < 4.78 is 5.33. The van der Waals surface area contributed by atoms with Crippen LogP contribution in [0, 0.1) is 0 Å². The van der Waals surface area contributed by atoms with Gasteiger partial charge in [0.1, 0.15) is 6.10 Å². The molecule has 5 heteroatoms. The van der Waals surface area contributed by atoms with Crippen LogP contribution < -0.4 is 5.32 Å².